The van der Waals surface area contributed by atoms with Gasteiger partial charge in [-0.25, -0.2) is 9.59 Å². The number of Topliss-reactive ketones (excluding diaryl/α,β-unsaturated/α-hetero) is 2. The highest BCUT2D eigenvalue weighted by molar-refractivity contribution is 6.74. The molecule has 35 heteroatoms. The Morgan fingerprint density at radius 1 is 0.541 bits per heavy atom. The number of carbonyl (C=O) groups excluding carboxylic acids is 11. The number of anilines is 2. The minimum absolute atomic E-state index is 0.0114. The Morgan fingerprint density at radius 3 is 1.54 bits per heavy atom. The maximum atomic E-state index is 15.3. The first-order valence-corrected chi connectivity index (χ1v) is 48.7. The van der Waals surface area contributed by atoms with E-state index in [0.717, 1.165) is 17.6 Å². The van der Waals surface area contributed by atoms with Gasteiger partial charge in [-0.2, -0.15) is 0 Å². The van der Waals surface area contributed by atoms with Crippen LogP contribution in [0.15, 0.2) is 85.0 Å². The standard InChI is InChI=1S/C98H139N5O29Si/c1-22-34-118-39-40-119-41-42-120-57-88(110)99-71(33-38-122-86-51-79(75(49-85(86)117-19)94(112)102-52-58(3)43-72(102)23-2)101-97(114)124-54-69-28-30-82(76(47-69)80(108)26-24-35-115-17)131-87-46-60(5)62(7)89(127-65(10)104)91(87)129-67(12)106)32-37-121-84-50-78(74(45-61(84)6)93(111)103-53-59(4)44-73(103)56-125-133(20,21)98(14,15)16)100-96(113)123-55-70-29-31-83(77(48-70)81(109)27-25-36-116-18)132-95-92(130-68(13)107)90(128-66(11)105)63(8)64(9)126-95/h28-31,45,47-51,60,62-64,71-73,87,89-92,95H,3-4,22-27,32-44,46,52-57H2,1-2,5-21H3,(H,99,110)(H,100,113)(H,101,114)/t60-,62+,63+,64+,71?,72+,73-,87+,89-,90-,91-,92+,95-/m0/s1. The maximum absolute atomic E-state index is 15.3. The largest absolute Gasteiger partial charge is 0.493 e. The van der Waals surface area contributed by atoms with Crippen LogP contribution in [-0.2, 0) is 98.5 Å². The van der Waals surface area contributed by atoms with Crippen LogP contribution < -0.4 is 39.6 Å². The predicted octanol–water partition coefficient (Wildman–Crippen LogP) is 14.8. The Labute approximate surface area is 782 Å². The average molecular weight is 1880 g/mol. The SMILES string of the molecule is C=C1C[C@@H](CC)N(C(=O)c2cc(OC)c(OCCC(CCOc3cc(NC(=O)OCc4ccc(O[C@@H]5O[C@H](C)[C@@H](C)[C@H](OC(C)=O)[C@H]5OC(C)=O)c(C(=O)CCCOC)c4)c(C(=O)N4CC(=C)C[C@H]4CO[Si](C)(C)C(C)(C)C)cc3C)NC(=O)COCCOCCOCCC)cc2NC(=O)OCc2ccc(O[C@@H]3C[C@H](C)[C@@H](C)[C@H](OC(C)=O)[C@H]3OC(C)=O)c(C(=O)CCCOC)c2)C1. The molecule has 3 saturated heterocycles. The van der Waals surface area contributed by atoms with E-state index < -0.39 is 130 Å². The van der Waals surface area contributed by atoms with Gasteiger partial charge < -0.3 is 100 Å². The molecule has 4 fully saturated rings. The quantitative estimate of drug-likeness (QED) is 0.00923. The van der Waals surface area contributed by atoms with E-state index in [0.29, 0.717) is 75.0 Å². The van der Waals surface area contributed by atoms with Gasteiger partial charge in [0.25, 0.3) is 11.8 Å². The number of ether oxygens (including phenoxy) is 17. The Balaban J connectivity index is 1.07. The fourth-order valence-corrected chi connectivity index (χ4v) is 16.9. The van der Waals surface area contributed by atoms with Crippen LogP contribution in [-0.4, -0.2) is 252 Å². The molecular formula is C98H139N5O29Si. The molecule has 3 N–H and O–H groups in total. The molecule has 0 bridgehead atoms. The lowest BCUT2D eigenvalue weighted by Crippen LogP contribution is -2.57. The van der Waals surface area contributed by atoms with Gasteiger partial charge in [-0.3, -0.25) is 53.8 Å². The minimum atomic E-state index is -2.33. The zero-order chi connectivity index (χ0) is 97.6. The number of amides is 5. The summed E-state index contributed by atoms with van der Waals surface area (Å²) < 4.78 is 107. The molecule has 8 rings (SSSR count). The van der Waals surface area contributed by atoms with Crippen LogP contribution >= 0.6 is 0 Å². The molecule has 734 valence electrons. The Hall–Kier alpha value is -10.5. The number of rotatable bonds is 50. The molecule has 4 aliphatic rings. The number of likely N-dealkylation sites (tertiary alicyclic amines) is 2. The molecule has 0 spiro atoms. The number of esters is 4. The van der Waals surface area contributed by atoms with Crippen LogP contribution in [0.2, 0.25) is 18.1 Å². The van der Waals surface area contributed by atoms with Gasteiger partial charge in [0.15, 0.2) is 37.5 Å². The second-order valence-electron chi connectivity index (χ2n) is 35.9. The van der Waals surface area contributed by atoms with Gasteiger partial charge in [0.1, 0.15) is 55.4 Å². The van der Waals surface area contributed by atoms with E-state index in [2.05, 4.69) is 63.0 Å². The minimum Gasteiger partial charge on any atom is -0.493 e. The van der Waals surface area contributed by atoms with Crippen LogP contribution in [0.4, 0.5) is 21.0 Å². The van der Waals surface area contributed by atoms with Gasteiger partial charge in [0.2, 0.25) is 18.3 Å². The molecule has 5 amide bonds. The zero-order valence-electron chi connectivity index (χ0n) is 80.8. The van der Waals surface area contributed by atoms with Crippen molar-refractivity contribution in [3.63, 3.8) is 0 Å². The third kappa shape index (κ3) is 31.8. The van der Waals surface area contributed by atoms with Crippen LogP contribution in [0.3, 0.4) is 0 Å². The van der Waals surface area contributed by atoms with Crippen LogP contribution in [0.25, 0.3) is 0 Å². The van der Waals surface area contributed by atoms with Crippen molar-refractivity contribution in [3.8, 4) is 28.7 Å². The van der Waals surface area contributed by atoms with Gasteiger partial charge in [-0.15, -0.1) is 0 Å². The van der Waals surface area contributed by atoms with Gasteiger partial charge in [0.05, 0.1) is 99.1 Å². The van der Waals surface area contributed by atoms with Crippen LogP contribution in [0.5, 0.6) is 28.7 Å². The highest BCUT2D eigenvalue weighted by Gasteiger charge is 2.50. The van der Waals surface area contributed by atoms with Crippen LogP contribution in [0, 0.1) is 24.7 Å². The van der Waals surface area contributed by atoms with Crippen molar-refractivity contribution in [1.82, 2.24) is 15.1 Å². The summed E-state index contributed by atoms with van der Waals surface area (Å²) in [5.74, 6) is -4.65. The topological polar surface area (TPSA) is 396 Å². The van der Waals surface area contributed by atoms with Crippen molar-refractivity contribution in [2.75, 3.05) is 118 Å². The fourth-order valence-electron chi connectivity index (χ4n) is 15.9. The predicted molar refractivity (Wildman–Crippen MR) is 495 cm³/mol. The zero-order valence-corrected chi connectivity index (χ0v) is 81.8. The number of methoxy groups -OCH3 is 3. The Bertz CT molecular complexity index is 4680. The number of hydrogen-bond acceptors (Lipinski definition) is 29. The van der Waals surface area contributed by atoms with E-state index in [1.54, 1.807) is 60.9 Å². The fraction of sp³-hybridized carbons (Fsp3) is 0.602. The van der Waals surface area contributed by atoms with Crippen molar-refractivity contribution < 1.29 is 138 Å². The van der Waals surface area contributed by atoms with Crippen molar-refractivity contribution in [2.45, 2.75) is 260 Å². The Kier molecular flexibility index (Phi) is 42.0. The number of benzene rings is 4. The van der Waals surface area contributed by atoms with Crippen molar-refractivity contribution in [1.29, 1.82) is 0 Å². The molecule has 3 aliphatic heterocycles. The number of nitrogens with one attached hydrogen (secondary N) is 3. The molecule has 4 aromatic carbocycles. The summed E-state index contributed by atoms with van der Waals surface area (Å²) in [4.78, 5) is 155. The van der Waals surface area contributed by atoms with Gasteiger partial charge in [-0.1, -0.05) is 91.8 Å². The van der Waals surface area contributed by atoms with E-state index in [4.69, 9.17) is 85.0 Å². The summed E-state index contributed by atoms with van der Waals surface area (Å²) in [6.07, 6.45) is -4.95. The molecule has 3 heterocycles. The molecule has 1 unspecified atom stereocenters. The normalized spacial score (nSPS) is 20.9. The lowest BCUT2D eigenvalue weighted by Gasteiger charge is -2.43. The molecule has 133 heavy (non-hydrogen) atoms. The second-order valence-corrected chi connectivity index (χ2v) is 40.7. The Morgan fingerprint density at radius 2 is 1.02 bits per heavy atom. The van der Waals surface area contributed by atoms with E-state index >= 15 is 4.79 Å². The summed E-state index contributed by atoms with van der Waals surface area (Å²) in [6.45, 7) is 38.7. The molecule has 1 saturated carbocycles. The molecule has 0 aromatic heterocycles. The lowest BCUT2D eigenvalue weighted by molar-refractivity contribution is -0.263. The van der Waals surface area contributed by atoms with E-state index in [9.17, 15) is 47.9 Å². The third-order valence-corrected chi connectivity index (χ3v) is 28.9. The smallest absolute Gasteiger partial charge is 0.411 e. The van der Waals surface area contributed by atoms with E-state index in [1.807, 2.05) is 27.7 Å². The number of aryl methyl sites for hydroxylation is 1. The second kappa shape index (κ2) is 51.8. The average Bonchev–Trinajstić information content (AvgIpc) is 1.33. The van der Waals surface area contributed by atoms with E-state index in [-0.39, 0.29) is 195 Å². The number of nitrogens with zero attached hydrogens (tertiary/aromatic N) is 2. The maximum Gasteiger partial charge on any atom is 0.411 e. The molecule has 0 radical (unpaired) electrons. The summed E-state index contributed by atoms with van der Waals surface area (Å²) in [5, 5.41) is 8.50. The first kappa shape index (κ1) is 108. The van der Waals surface area contributed by atoms with E-state index in [1.165, 1.54) is 79.4 Å². The molecular weight excluding hydrogens is 1740 g/mol. The summed E-state index contributed by atoms with van der Waals surface area (Å²) >= 11 is 0. The summed E-state index contributed by atoms with van der Waals surface area (Å²) in [7, 11) is 2.10. The number of carbonyl (C=O) groups is 11. The lowest BCUT2D eigenvalue weighted by atomic mass is 9.76. The number of hydrogen-bond donors (Lipinski definition) is 3. The molecule has 1 aliphatic carbocycles. The highest BCUT2D eigenvalue weighted by atomic mass is 28.4. The summed E-state index contributed by atoms with van der Waals surface area (Å²) in [6, 6.07) is 14.0. The number of ketones is 2. The van der Waals surface area contributed by atoms with Gasteiger partial charge in [0, 0.05) is 131 Å². The van der Waals surface area contributed by atoms with Crippen LogP contribution in [0.1, 0.15) is 219 Å². The molecule has 34 nitrogen and oxygen atoms in total. The first-order chi connectivity index (χ1) is 63.2. The van der Waals surface area contributed by atoms with Gasteiger partial charge in [-0.05, 0) is 142 Å². The van der Waals surface area contributed by atoms with Crippen molar-refractivity contribution in [3.05, 3.63) is 124 Å². The van der Waals surface area contributed by atoms with Crippen molar-refractivity contribution in [2.24, 2.45) is 17.8 Å². The monoisotopic (exact) mass is 1880 g/mol. The van der Waals surface area contributed by atoms with Gasteiger partial charge >= 0.3 is 36.1 Å². The third-order valence-electron chi connectivity index (χ3n) is 24.4. The molecule has 13 atom stereocenters. The highest BCUT2D eigenvalue weighted by Crippen LogP contribution is 2.43. The first-order valence-electron chi connectivity index (χ1n) is 45.8. The molecule has 4 aromatic rings. The van der Waals surface area contributed by atoms with Crippen molar-refractivity contribution >= 4 is 85.0 Å². The summed E-state index contributed by atoms with van der Waals surface area (Å²) in [5.41, 5.74) is 3.21.